The van der Waals surface area contributed by atoms with Gasteiger partial charge < -0.3 is 19.8 Å². The van der Waals surface area contributed by atoms with Gasteiger partial charge in [-0.3, -0.25) is 13.8 Å². The lowest BCUT2D eigenvalue weighted by Crippen LogP contribution is -2.45. The van der Waals surface area contributed by atoms with Gasteiger partial charge in [0.05, 0.1) is 39.9 Å². The highest BCUT2D eigenvalue weighted by molar-refractivity contribution is 7.47. The third-order valence-electron chi connectivity index (χ3n) is 9.34. The van der Waals surface area contributed by atoms with E-state index in [4.69, 9.17) is 9.05 Å². The van der Waals surface area contributed by atoms with Crippen LogP contribution < -0.4 is 5.32 Å². The Morgan fingerprint density at radius 2 is 1.06 bits per heavy atom. The number of phosphoric acid groups is 1. The van der Waals surface area contributed by atoms with Gasteiger partial charge in [-0.15, -0.1) is 0 Å². The second kappa shape index (κ2) is 35.4. The van der Waals surface area contributed by atoms with E-state index >= 15 is 0 Å². The maximum atomic E-state index is 12.7. The number of aliphatic hydroxyl groups is 1. The minimum absolute atomic E-state index is 0.0541. The molecular weight excluding hydrogens is 671 g/mol. The molecule has 0 aliphatic heterocycles. The highest BCUT2D eigenvalue weighted by atomic mass is 31.2. The first-order valence-electron chi connectivity index (χ1n) is 21.4. The van der Waals surface area contributed by atoms with Crippen molar-refractivity contribution in [2.24, 2.45) is 0 Å². The number of rotatable bonds is 38. The first-order chi connectivity index (χ1) is 25.0. The fraction of sp³-hybridized carbons (Fsp3) is 0.837. The summed E-state index contributed by atoms with van der Waals surface area (Å²) in [7, 11) is 1.54. The van der Waals surface area contributed by atoms with Crippen LogP contribution in [0, 0.1) is 0 Å². The van der Waals surface area contributed by atoms with Crippen LogP contribution in [0.5, 0.6) is 0 Å². The zero-order valence-corrected chi connectivity index (χ0v) is 35.4. The summed E-state index contributed by atoms with van der Waals surface area (Å²) in [6.07, 6.45) is 42.3. The van der Waals surface area contributed by atoms with Gasteiger partial charge in [0.1, 0.15) is 13.2 Å². The number of quaternary nitrogens is 1. The van der Waals surface area contributed by atoms with Crippen molar-refractivity contribution in [2.75, 3.05) is 40.9 Å². The Labute approximate surface area is 321 Å². The van der Waals surface area contributed by atoms with Crippen LogP contribution in [-0.2, 0) is 18.4 Å². The Morgan fingerprint density at radius 1 is 0.635 bits per heavy atom. The number of nitrogens with zero attached hydrogens (tertiary/aromatic N) is 1. The Balaban J connectivity index is 4.40. The molecule has 52 heavy (non-hydrogen) atoms. The Kier molecular flexibility index (Phi) is 34.6. The molecule has 0 spiro atoms. The number of allylic oxidation sites excluding steroid dienone is 5. The third-order valence-corrected chi connectivity index (χ3v) is 10.3. The fourth-order valence-electron chi connectivity index (χ4n) is 5.90. The molecule has 0 rings (SSSR count). The van der Waals surface area contributed by atoms with E-state index in [2.05, 4.69) is 43.5 Å². The number of phosphoric ester groups is 1. The molecule has 0 aromatic heterocycles. The highest BCUT2D eigenvalue weighted by Gasteiger charge is 2.27. The number of amides is 1. The van der Waals surface area contributed by atoms with Crippen LogP contribution in [0.25, 0.3) is 0 Å². The molecule has 3 N–H and O–H groups in total. The van der Waals surface area contributed by atoms with Gasteiger partial charge >= 0.3 is 7.82 Å². The van der Waals surface area contributed by atoms with Crippen LogP contribution in [0.1, 0.15) is 181 Å². The van der Waals surface area contributed by atoms with E-state index in [1.54, 1.807) is 6.08 Å². The van der Waals surface area contributed by atoms with Gasteiger partial charge in [0.2, 0.25) is 5.91 Å². The molecule has 8 nitrogen and oxygen atoms in total. The standard InChI is InChI=1S/C43H83N2O6P/c1-6-8-10-12-14-16-17-18-19-20-21-22-23-24-25-26-27-28-29-30-32-34-36-42(46)41(40-51-52(48,49)50-39-38-45(3,4)5)44-43(47)37-35-33-31-15-13-11-9-7-2/h24-25,28-29,34,36,41-42,46H,6-23,26-27,30-33,35,37-40H2,1-5H3,(H-,44,47,48,49)/p+1/b25-24+,29-28+,36-34+. The number of hydrogen-bond acceptors (Lipinski definition) is 5. The molecule has 9 heteroatoms. The summed E-state index contributed by atoms with van der Waals surface area (Å²) >= 11 is 0. The SMILES string of the molecule is CCCCCCCCCCCCCC/C=C/CC/C=C/CC/C=C/C(O)C(COP(=O)(O)OCC[N+](C)(C)C)NC(=O)CCCCCCCCCC. The second-order valence-corrected chi connectivity index (χ2v) is 17.2. The summed E-state index contributed by atoms with van der Waals surface area (Å²) in [6, 6.07) is -0.863. The predicted molar refractivity (Wildman–Crippen MR) is 221 cm³/mol. The van der Waals surface area contributed by atoms with Crippen molar-refractivity contribution in [3.8, 4) is 0 Å². The van der Waals surface area contributed by atoms with Crippen LogP contribution in [0.15, 0.2) is 36.5 Å². The van der Waals surface area contributed by atoms with Crippen molar-refractivity contribution in [1.82, 2.24) is 5.32 Å². The second-order valence-electron chi connectivity index (χ2n) is 15.7. The lowest BCUT2D eigenvalue weighted by Gasteiger charge is -2.25. The average Bonchev–Trinajstić information content (AvgIpc) is 3.09. The molecule has 0 fully saturated rings. The lowest BCUT2D eigenvalue weighted by molar-refractivity contribution is -0.870. The minimum atomic E-state index is -4.34. The van der Waals surface area contributed by atoms with E-state index in [1.807, 2.05) is 27.2 Å². The van der Waals surface area contributed by atoms with E-state index in [1.165, 1.54) is 116 Å². The van der Waals surface area contributed by atoms with E-state index in [0.29, 0.717) is 17.4 Å². The molecule has 3 unspecified atom stereocenters. The predicted octanol–water partition coefficient (Wildman–Crippen LogP) is 11.5. The zero-order valence-electron chi connectivity index (χ0n) is 34.5. The highest BCUT2D eigenvalue weighted by Crippen LogP contribution is 2.43. The maximum Gasteiger partial charge on any atom is 0.472 e. The van der Waals surface area contributed by atoms with Crippen molar-refractivity contribution in [2.45, 2.75) is 193 Å². The van der Waals surface area contributed by atoms with Crippen molar-refractivity contribution in [3.05, 3.63) is 36.5 Å². The number of hydrogen-bond donors (Lipinski definition) is 3. The molecule has 0 aromatic rings. The molecule has 0 bridgehead atoms. The number of nitrogens with one attached hydrogen (secondary N) is 1. The van der Waals surface area contributed by atoms with Gasteiger partial charge in [0.15, 0.2) is 0 Å². The smallest absolute Gasteiger partial charge is 0.387 e. The van der Waals surface area contributed by atoms with Gasteiger partial charge in [0.25, 0.3) is 0 Å². The summed E-state index contributed by atoms with van der Waals surface area (Å²) < 4.78 is 23.4. The van der Waals surface area contributed by atoms with Gasteiger partial charge in [-0.2, -0.15) is 0 Å². The van der Waals surface area contributed by atoms with Crippen LogP contribution in [-0.4, -0.2) is 73.4 Å². The van der Waals surface area contributed by atoms with E-state index in [-0.39, 0.29) is 19.1 Å². The monoisotopic (exact) mass is 756 g/mol. The first kappa shape index (κ1) is 50.7. The van der Waals surface area contributed by atoms with Crippen LogP contribution >= 0.6 is 7.82 Å². The molecule has 0 saturated heterocycles. The van der Waals surface area contributed by atoms with Crippen molar-refractivity contribution < 1.29 is 32.9 Å². The van der Waals surface area contributed by atoms with Crippen molar-refractivity contribution in [1.29, 1.82) is 0 Å². The van der Waals surface area contributed by atoms with Gasteiger partial charge in [-0.25, -0.2) is 4.57 Å². The molecule has 3 atom stereocenters. The van der Waals surface area contributed by atoms with Crippen LogP contribution in [0.4, 0.5) is 0 Å². The number of carbonyl (C=O) groups is 1. The molecule has 0 aliphatic rings. The molecule has 0 radical (unpaired) electrons. The van der Waals surface area contributed by atoms with E-state index in [0.717, 1.165) is 44.9 Å². The molecule has 1 amide bonds. The normalized spacial score (nSPS) is 14.8. The fourth-order valence-corrected chi connectivity index (χ4v) is 6.63. The number of aliphatic hydroxyl groups excluding tert-OH is 1. The Bertz CT molecular complexity index is 948. The summed E-state index contributed by atoms with van der Waals surface area (Å²) in [5.41, 5.74) is 0. The molecule has 306 valence electrons. The molecule has 0 aliphatic carbocycles. The van der Waals surface area contributed by atoms with E-state index in [9.17, 15) is 19.4 Å². The van der Waals surface area contributed by atoms with Crippen LogP contribution in [0.3, 0.4) is 0 Å². The summed E-state index contributed by atoms with van der Waals surface area (Å²) in [5, 5.41) is 13.7. The Morgan fingerprint density at radius 3 is 1.54 bits per heavy atom. The first-order valence-corrected chi connectivity index (χ1v) is 22.9. The lowest BCUT2D eigenvalue weighted by atomic mass is 10.0. The molecule has 0 aromatic carbocycles. The molecule has 0 saturated carbocycles. The van der Waals surface area contributed by atoms with Gasteiger partial charge in [0, 0.05) is 6.42 Å². The number of unbranched alkanes of at least 4 members (excludes halogenated alkanes) is 21. The number of likely N-dealkylation sites (N-methyl/N-ethyl adjacent to an activating group) is 1. The van der Waals surface area contributed by atoms with Gasteiger partial charge in [-0.05, 0) is 44.9 Å². The topological polar surface area (TPSA) is 105 Å². The van der Waals surface area contributed by atoms with E-state index < -0.39 is 20.0 Å². The van der Waals surface area contributed by atoms with Gasteiger partial charge in [-0.1, -0.05) is 166 Å². The molecular formula is C43H84N2O6P+. The zero-order chi connectivity index (χ0) is 38.6. The summed E-state index contributed by atoms with van der Waals surface area (Å²) in [4.78, 5) is 22.9. The number of carbonyl (C=O) groups excluding carboxylic acids is 1. The Hall–Kier alpha value is -1.28. The molecule has 0 heterocycles. The summed E-state index contributed by atoms with van der Waals surface area (Å²) in [6.45, 7) is 4.74. The third kappa shape index (κ3) is 37.1. The quantitative estimate of drug-likeness (QED) is 0.0251. The maximum absolute atomic E-state index is 12.7. The minimum Gasteiger partial charge on any atom is -0.387 e. The van der Waals surface area contributed by atoms with Crippen molar-refractivity contribution in [3.63, 3.8) is 0 Å². The van der Waals surface area contributed by atoms with Crippen molar-refractivity contribution >= 4 is 13.7 Å². The average molecular weight is 756 g/mol. The summed E-state index contributed by atoms with van der Waals surface area (Å²) in [5.74, 6) is -0.197. The largest absolute Gasteiger partial charge is 0.472 e. The van der Waals surface area contributed by atoms with Crippen LogP contribution in [0.2, 0.25) is 0 Å².